The van der Waals surface area contributed by atoms with Crippen molar-refractivity contribution in [2.75, 3.05) is 29.6 Å². The van der Waals surface area contributed by atoms with Gasteiger partial charge in [0.2, 0.25) is 5.91 Å². The second-order valence-electron chi connectivity index (χ2n) is 6.64. The van der Waals surface area contributed by atoms with Crippen LogP contribution in [0.25, 0.3) is 0 Å². The Morgan fingerprint density at radius 2 is 1.88 bits per heavy atom. The van der Waals surface area contributed by atoms with Gasteiger partial charge in [-0.05, 0) is 42.7 Å². The van der Waals surface area contributed by atoms with E-state index in [4.69, 9.17) is 0 Å². The molecule has 6 nitrogen and oxygen atoms in total. The van der Waals surface area contributed by atoms with Crippen LogP contribution in [0, 0.1) is 11.8 Å². The number of hydrogen-bond donors (Lipinski definition) is 2. The van der Waals surface area contributed by atoms with Gasteiger partial charge in [0.25, 0.3) is 5.91 Å². The summed E-state index contributed by atoms with van der Waals surface area (Å²) in [6.07, 6.45) is 2.55. The lowest BCUT2D eigenvalue weighted by molar-refractivity contribution is -0.117. The number of carbonyl (C=O) groups is 2. The van der Waals surface area contributed by atoms with Gasteiger partial charge in [0.1, 0.15) is 5.82 Å². The Kier molecular flexibility index (Phi) is 4.70. The third-order valence-electron chi connectivity index (χ3n) is 4.30. The number of nitrogens with zero attached hydrogens (tertiary/aromatic N) is 2. The Hall–Kier alpha value is -2.89. The second-order valence-corrected chi connectivity index (χ2v) is 6.64. The average molecular weight is 338 g/mol. The molecule has 1 fully saturated rings. The number of hydrogen-bond acceptors (Lipinski definition) is 4. The van der Waals surface area contributed by atoms with Gasteiger partial charge in [-0.25, -0.2) is 4.98 Å². The van der Waals surface area contributed by atoms with E-state index in [0.717, 1.165) is 12.2 Å². The van der Waals surface area contributed by atoms with Crippen LogP contribution < -0.4 is 15.5 Å². The topological polar surface area (TPSA) is 74.3 Å². The Morgan fingerprint density at radius 3 is 2.48 bits per heavy atom. The SMILES string of the molecule is C[C@H]1C[C@@H]1C(=O)Nc1cccc(C(=O)Nc2ccc(N(C)C)nc2)c1. The van der Waals surface area contributed by atoms with Crippen LogP contribution in [0.1, 0.15) is 23.7 Å². The third-order valence-corrected chi connectivity index (χ3v) is 4.30. The van der Waals surface area contributed by atoms with Crippen LogP contribution in [0.15, 0.2) is 42.6 Å². The summed E-state index contributed by atoms with van der Waals surface area (Å²) >= 11 is 0. The Balaban J connectivity index is 1.65. The Labute approximate surface area is 147 Å². The zero-order valence-electron chi connectivity index (χ0n) is 14.6. The zero-order chi connectivity index (χ0) is 18.0. The van der Waals surface area contributed by atoms with E-state index in [0.29, 0.717) is 22.9 Å². The van der Waals surface area contributed by atoms with E-state index >= 15 is 0 Å². The molecule has 25 heavy (non-hydrogen) atoms. The molecule has 2 amide bonds. The third kappa shape index (κ3) is 4.15. The van der Waals surface area contributed by atoms with Crippen molar-refractivity contribution in [3.63, 3.8) is 0 Å². The number of amides is 2. The molecule has 1 aliphatic rings. The number of anilines is 3. The monoisotopic (exact) mass is 338 g/mol. The Bertz CT molecular complexity index is 786. The predicted molar refractivity (Wildman–Crippen MR) is 98.9 cm³/mol. The molecule has 6 heteroatoms. The summed E-state index contributed by atoms with van der Waals surface area (Å²) in [7, 11) is 3.81. The molecule has 2 atom stereocenters. The van der Waals surface area contributed by atoms with Gasteiger partial charge in [-0.15, -0.1) is 0 Å². The van der Waals surface area contributed by atoms with Crippen LogP contribution in [0.4, 0.5) is 17.2 Å². The summed E-state index contributed by atoms with van der Waals surface area (Å²) in [5.41, 5.74) is 1.74. The van der Waals surface area contributed by atoms with E-state index in [2.05, 4.69) is 22.5 Å². The lowest BCUT2D eigenvalue weighted by Crippen LogP contribution is -2.16. The maximum absolute atomic E-state index is 12.4. The molecule has 0 saturated heterocycles. The van der Waals surface area contributed by atoms with Crippen molar-refractivity contribution in [3.8, 4) is 0 Å². The van der Waals surface area contributed by atoms with Crippen LogP contribution in [0.5, 0.6) is 0 Å². The van der Waals surface area contributed by atoms with E-state index in [9.17, 15) is 9.59 Å². The van der Waals surface area contributed by atoms with Crippen LogP contribution in [-0.2, 0) is 4.79 Å². The molecule has 2 N–H and O–H groups in total. The summed E-state index contributed by atoms with van der Waals surface area (Å²) in [5, 5.41) is 5.69. The highest BCUT2D eigenvalue weighted by atomic mass is 16.2. The molecular formula is C19H22N4O2. The normalized spacial score (nSPS) is 18.4. The lowest BCUT2D eigenvalue weighted by Gasteiger charge is -2.12. The predicted octanol–water partition coefficient (Wildman–Crippen LogP) is 2.99. The minimum atomic E-state index is -0.240. The molecule has 3 rings (SSSR count). The largest absolute Gasteiger partial charge is 0.363 e. The van der Waals surface area contributed by atoms with E-state index in [1.165, 1.54) is 0 Å². The average Bonchev–Trinajstić information content (AvgIpc) is 3.32. The maximum Gasteiger partial charge on any atom is 0.255 e. The first kappa shape index (κ1) is 17.0. The van der Waals surface area contributed by atoms with Gasteiger partial charge in [-0.1, -0.05) is 13.0 Å². The highest BCUT2D eigenvalue weighted by Gasteiger charge is 2.39. The number of nitrogens with one attached hydrogen (secondary N) is 2. The smallest absolute Gasteiger partial charge is 0.255 e. The summed E-state index contributed by atoms with van der Waals surface area (Å²) < 4.78 is 0. The number of aromatic nitrogens is 1. The van der Waals surface area contributed by atoms with Gasteiger partial charge in [-0.2, -0.15) is 0 Å². The van der Waals surface area contributed by atoms with E-state index in [-0.39, 0.29) is 17.7 Å². The molecule has 1 aromatic heterocycles. The molecule has 0 bridgehead atoms. The molecule has 1 heterocycles. The molecule has 1 aliphatic carbocycles. The fourth-order valence-electron chi connectivity index (χ4n) is 2.59. The van der Waals surface area contributed by atoms with E-state index in [1.807, 2.05) is 25.1 Å². The lowest BCUT2D eigenvalue weighted by atomic mass is 10.1. The molecular weight excluding hydrogens is 316 g/mol. The van der Waals surface area contributed by atoms with Gasteiger partial charge in [0.05, 0.1) is 11.9 Å². The number of benzene rings is 1. The summed E-state index contributed by atoms with van der Waals surface area (Å²) in [6.45, 7) is 2.06. The first-order valence-electron chi connectivity index (χ1n) is 8.29. The maximum atomic E-state index is 12.4. The van der Waals surface area contributed by atoms with E-state index < -0.39 is 0 Å². The van der Waals surface area contributed by atoms with Gasteiger partial charge in [-0.3, -0.25) is 9.59 Å². The summed E-state index contributed by atoms with van der Waals surface area (Å²) in [6, 6.07) is 10.6. The van der Waals surface area contributed by atoms with Crippen molar-refractivity contribution in [1.82, 2.24) is 4.98 Å². The number of carbonyl (C=O) groups excluding carboxylic acids is 2. The minimum Gasteiger partial charge on any atom is -0.363 e. The highest BCUT2D eigenvalue weighted by Crippen LogP contribution is 2.38. The van der Waals surface area contributed by atoms with Gasteiger partial charge >= 0.3 is 0 Å². The molecule has 0 unspecified atom stereocenters. The van der Waals surface area contributed by atoms with Gasteiger partial charge in [0, 0.05) is 31.3 Å². The fraction of sp³-hybridized carbons (Fsp3) is 0.316. The van der Waals surface area contributed by atoms with Gasteiger partial charge < -0.3 is 15.5 Å². The quantitative estimate of drug-likeness (QED) is 0.879. The van der Waals surface area contributed by atoms with Crippen molar-refractivity contribution in [2.45, 2.75) is 13.3 Å². The van der Waals surface area contributed by atoms with E-state index in [1.54, 1.807) is 36.5 Å². The van der Waals surface area contributed by atoms with Crippen molar-refractivity contribution in [3.05, 3.63) is 48.2 Å². The van der Waals surface area contributed by atoms with Crippen LogP contribution in [-0.4, -0.2) is 30.9 Å². The van der Waals surface area contributed by atoms with Crippen LogP contribution >= 0.6 is 0 Å². The minimum absolute atomic E-state index is 0.0218. The summed E-state index contributed by atoms with van der Waals surface area (Å²) in [4.78, 5) is 30.6. The van der Waals surface area contributed by atoms with Crippen molar-refractivity contribution in [1.29, 1.82) is 0 Å². The molecule has 2 aromatic rings. The summed E-state index contributed by atoms with van der Waals surface area (Å²) in [5.74, 6) is 1.14. The molecule has 0 radical (unpaired) electrons. The van der Waals surface area contributed by atoms with Crippen molar-refractivity contribution in [2.24, 2.45) is 11.8 Å². The van der Waals surface area contributed by atoms with Crippen LogP contribution in [0.2, 0.25) is 0 Å². The first-order valence-corrected chi connectivity index (χ1v) is 8.29. The second kappa shape index (κ2) is 6.93. The first-order chi connectivity index (χ1) is 11.9. The molecule has 130 valence electrons. The number of pyridine rings is 1. The zero-order valence-corrected chi connectivity index (χ0v) is 14.6. The highest BCUT2D eigenvalue weighted by molar-refractivity contribution is 6.05. The Morgan fingerprint density at radius 1 is 1.12 bits per heavy atom. The van der Waals surface area contributed by atoms with Crippen molar-refractivity contribution >= 4 is 29.0 Å². The molecule has 0 spiro atoms. The van der Waals surface area contributed by atoms with Gasteiger partial charge in [0.15, 0.2) is 0 Å². The van der Waals surface area contributed by atoms with Crippen molar-refractivity contribution < 1.29 is 9.59 Å². The molecule has 0 aliphatic heterocycles. The molecule has 1 saturated carbocycles. The van der Waals surface area contributed by atoms with Crippen LogP contribution in [0.3, 0.4) is 0 Å². The fourth-order valence-corrected chi connectivity index (χ4v) is 2.59. The molecule has 1 aromatic carbocycles. The number of rotatable bonds is 5. The standard InChI is InChI=1S/C19H22N4O2/c1-12-9-16(12)19(25)21-14-6-4-5-13(10-14)18(24)22-15-7-8-17(20-11-15)23(2)3/h4-8,10-12,16H,9H2,1-3H3,(H,21,25)(H,22,24)/t12-,16-/m0/s1.